The van der Waals surface area contributed by atoms with Crippen molar-refractivity contribution in [3.63, 3.8) is 0 Å². The fourth-order valence-corrected chi connectivity index (χ4v) is 1.68. The predicted octanol–water partition coefficient (Wildman–Crippen LogP) is 2.37. The van der Waals surface area contributed by atoms with Crippen molar-refractivity contribution in [2.45, 2.75) is 6.92 Å². The van der Waals surface area contributed by atoms with Gasteiger partial charge in [0.1, 0.15) is 11.6 Å². The molecule has 0 saturated heterocycles. The lowest BCUT2D eigenvalue weighted by atomic mass is 10.1. The smallest absolute Gasteiger partial charge is 0.356 e. The number of hydrogen-bond donors (Lipinski definition) is 1. The lowest BCUT2D eigenvalue weighted by Gasteiger charge is -2.06. The van der Waals surface area contributed by atoms with Gasteiger partial charge in [-0.3, -0.25) is 4.68 Å². The van der Waals surface area contributed by atoms with Crippen molar-refractivity contribution >= 4 is 5.97 Å². The molecule has 0 unspecified atom stereocenters. The van der Waals surface area contributed by atoms with Crippen molar-refractivity contribution < 1.29 is 18.7 Å². The van der Waals surface area contributed by atoms with E-state index in [-0.39, 0.29) is 22.5 Å². The van der Waals surface area contributed by atoms with Crippen LogP contribution in [0.5, 0.6) is 0 Å². The Morgan fingerprint density at radius 2 is 2.06 bits per heavy atom. The van der Waals surface area contributed by atoms with Crippen LogP contribution in [0.3, 0.4) is 0 Å². The molecule has 0 saturated carbocycles. The van der Waals surface area contributed by atoms with Gasteiger partial charge in [0.25, 0.3) is 0 Å². The summed E-state index contributed by atoms with van der Waals surface area (Å²) in [6.07, 6.45) is 0. The molecule has 2 rings (SSSR count). The molecule has 1 heterocycles. The Morgan fingerprint density at radius 1 is 1.39 bits per heavy atom. The molecule has 6 heteroatoms. The van der Waals surface area contributed by atoms with E-state index >= 15 is 0 Å². The molecule has 0 radical (unpaired) electrons. The van der Waals surface area contributed by atoms with Crippen molar-refractivity contribution in [2.75, 3.05) is 0 Å². The molecule has 0 atom stereocenters. The number of carbonyl (C=O) groups is 1. The number of carboxylic acids is 1. The first kappa shape index (κ1) is 12.2. The van der Waals surface area contributed by atoms with Gasteiger partial charge in [-0.2, -0.15) is 5.10 Å². The van der Waals surface area contributed by atoms with Gasteiger partial charge in [-0.05, 0) is 25.1 Å². The zero-order valence-electron chi connectivity index (χ0n) is 9.74. The number of carboxylic acid groups (broad SMARTS) is 1. The van der Waals surface area contributed by atoms with E-state index in [9.17, 15) is 13.6 Å². The first-order valence-electron chi connectivity index (χ1n) is 5.14. The van der Waals surface area contributed by atoms with Gasteiger partial charge in [0, 0.05) is 18.2 Å². The number of aromatic nitrogens is 2. The standard InChI is InChI=1S/C12H10F2N2O2/c1-6-8(13)4-3-7(11(6)14)10-5-9(12(17)18)15-16(10)2/h3-5H,1-2H3,(H,17,18). The third kappa shape index (κ3) is 1.85. The van der Waals surface area contributed by atoms with Crippen LogP contribution in [0.15, 0.2) is 18.2 Å². The maximum Gasteiger partial charge on any atom is 0.356 e. The van der Waals surface area contributed by atoms with Gasteiger partial charge < -0.3 is 5.11 Å². The molecular weight excluding hydrogens is 242 g/mol. The third-order valence-corrected chi connectivity index (χ3v) is 2.70. The second kappa shape index (κ2) is 4.21. The Labute approximate surface area is 101 Å². The van der Waals surface area contributed by atoms with Crippen molar-refractivity contribution in [2.24, 2.45) is 7.05 Å². The zero-order chi connectivity index (χ0) is 13.4. The molecule has 94 valence electrons. The van der Waals surface area contributed by atoms with Crippen LogP contribution in [0, 0.1) is 18.6 Å². The lowest BCUT2D eigenvalue weighted by molar-refractivity contribution is 0.0689. The summed E-state index contributed by atoms with van der Waals surface area (Å²) in [4.78, 5) is 10.8. The summed E-state index contributed by atoms with van der Waals surface area (Å²) in [5.41, 5.74) is 0.115. The molecule has 0 aliphatic heterocycles. The number of nitrogens with zero attached hydrogens (tertiary/aromatic N) is 2. The van der Waals surface area contributed by atoms with E-state index < -0.39 is 17.6 Å². The minimum Gasteiger partial charge on any atom is -0.476 e. The van der Waals surface area contributed by atoms with Crippen LogP contribution >= 0.6 is 0 Å². The molecule has 1 aromatic heterocycles. The largest absolute Gasteiger partial charge is 0.476 e. The first-order valence-corrected chi connectivity index (χ1v) is 5.14. The predicted molar refractivity (Wildman–Crippen MR) is 60.3 cm³/mol. The van der Waals surface area contributed by atoms with Crippen molar-refractivity contribution in [3.8, 4) is 11.3 Å². The molecule has 2 aromatic rings. The number of halogens is 2. The number of aromatic carboxylic acids is 1. The maximum absolute atomic E-state index is 13.9. The second-order valence-electron chi connectivity index (χ2n) is 3.88. The quantitative estimate of drug-likeness (QED) is 0.892. The number of benzene rings is 1. The van der Waals surface area contributed by atoms with E-state index in [4.69, 9.17) is 5.11 Å². The van der Waals surface area contributed by atoms with Crippen LogP contribution in [-0.2, 0) is 7.05 Å². The Bertz CT molecular complexity index is 635. The number of aryl methyl sites for hydroxylation is 1. The number of rotatable bonds is 2. The van der Waals surface area contributed by atoms with Crippen molar-refractivity contribution in [1.82, 2.24) is 9.78 Å². The van der Waals surface area contributed by atoms with Gasteiger partial charge >= 0.3 is 5.97 Å². The van der Waals surface area contributed by atoms with Crippen molar-refractivity contribution in [3.05, 3.63) is 41.1 Å². The SMILES string of the molecule is Cc1c(F)ccc(-c2cc(C(=O)O)nn2C)c1F. The average molecular weight is 252 g/mol. The topological polar surface area (TPSA) is 55.1 Å². The minimum atomic E-state index is -1.20. The Kier molecular flexibility index (Phi) is 2.86. The van der Waals surface area contributed by atoms with Gasteiger partial charge in [0.15, 0.2) is 5.69 Å². The van der Waals surface area contributed by atoms with Gasteiger partial charge in [0.05, 0.1) is 5.69 Å². The van der Waals surface area contributed by atoms with E-state index in [0.29, 0.717) is 0 Å². The summed E-state index contributed by atoms with van der Waals surface area (Å²) in [5.74, 6) is -2.55. The second-order valence-corrected chi connectivity index (χ2v) is 3.88. The summed E-state index contributed by atoms with van der Waals surface area (Å²) >= 11 is 0. The number of hydrogen-bond acceptors (Lipinski definition) is 2. The van der Waals surface area contributed by atoms with Crippen LogP contribution in [0.1, 0.15) is 16.1 Å². The molecule has 4 nitrogen and oxygen atoms in total. The van der Waals surface area contributed by atoms with Gasteiger partial charge in [0.2, 0.25) is 0 Å². The van der Waals surface area contributed by atoms with Gasteiger partial charge in [-0.1, -0.05) is 0 Å². The molecule has 0 bridgehead atoms. The summed E-state index contributed by atoms with van der Waals surface area (Å²) in [5, 5.41) is 12.5. The Hall–Kier alpha value is -2.24. The lowest BCUT2D eigenvalue weighted by Crippen LogP contribution is -2.00. The molecule has 0 fully saturated rings. The molecule has 1 N–H and O–H groups in total. The summed E-state index contributed by atoms with van der Waals surface area (Å²) < 4.78 is 28.3. The van der Waals surface area contributed by atoms with E-state index in [1.54, 1.807) is 0 Å². The van der Waals surface area contributed by atoms with Crippen LogP contribution < -0.4 is 0 Å². The summed E-state index contributed by atoms with van der Waals surface area (Å²) in [6.45, 7) is 1.32. The fraction of sp³-hybridized carbons (Fsp3) is 0.167. The van der Waals surface area contributed by atoms with Crippen LogP contribution in [0.2, 0.25) is 0 Å². The fourth-order valence-electron chi connectivity index (χ4n) is 1.68. The molecule has 0 amide bonds. The Balaban J connectivity index is 2.62. The van der Waals surface area contributed by atoms with E-state index in [1.165, 1.54) is 30.8 Å². The van der Waals surface area contributed by atoms with E-state index in [1.807, 2.05) is 0 Å². The van der Waals surface area contributed by atoms with Crippen LogP contribution in [-0.4, -0.2) is 20.9 Å². The monoisotopic (exact) mass is 252 g/mol. The van der Waals surface area contributed by atoms with Gasteiger partial charge in [-0.25, -0.2) is 13.6 Å². The molecule has 0 spiro atoms. The van der Waals surface area contributed by atoms with E-state index in [2.05, 4.69) is 5.10 Å². The first-order chi connectivity index (χ1) is 8.41. The zero-order valence-corrected chi connectivity index (χ0v) is 9.74. The highest BCUT2D eigenvalue weighted by molar-refractivity contribution is 5.87. The van der Waals surface area contributed by atoms with Crippen LogP contribution in [0.4, 0.5) is 8.78 Å². The molecule has 18 heavy (non-hydrogen) atoms. The molecular formula is C12H10F2N2O2. The molecule has 0 aliphatic carbocycles. The average Bonchev–Trinajstić information content (AvgIpc) is 2.69. The Morgan fingerprint density at radius 3 is 2.61 bits per heavy atom. The molecule has 1 aromatic carbocycles. The normalized spacial score (nSPS) is 10.7. The van der Waals surface area contributed by atoms with Crippen LogP contribution in [0.25, 0.3) is 11.3 Å². The highest BCUT2D eigenvalue weighted by Gasteiger charge is 2.17. The maximum atomic E-state index is 13.9. The van der Waals surface area contributed by atoms with Gasteiger partial charge in [-0.15, -0.1) is 0 Å². The van der Waals surface area contributed by atoms with Crippen molar-refractivity contribution in [1.29, 1.82) is 0 Å². The van der Waals surface area contributed by atoms with E-state index in [0.717, 1.165) is 6.07 Å². The summed E-state index contributed by atoms with van der Waals surface area (Å²) in [6, 6.07) is 3.65. The highest BCUT2D eigenvalue weighted by Crippen LogP contribution is 2.26. The third-order valence-electron chi connectivity index (χ3n) is 2.70. The minimum absolute atomic E-state index is 0.106. The summed E-state index contributed by atoms with van der Waals surface area (Å²) in [7, 11) is 1.50. The molecule has 0 aliphatic rings. The highest BCUT2D eigenvalue weighted by atomic mass is 19.1.